The predicted molar refractivity (Wildman–Crippen MR) is 61.7 cm³/mol. The van der Waals surface area contributed by atoms with E-state index < -0.39 is 12.0 Å². The molecule has 0 amide bonds. The molecule has 0 saturated heterocycles. The van der Waals surface area contributed by atoms with Crippen molar-refractivity contribution in [2.45, 2.75) is 13.0 Å². The van der Waals surface area contributed by atoms with Crippen molar-refractivity contribution >= 4 is 12.0 Å². The molecule has 0 bridgehead atoms. The van der Waals surface area contributed by atoms with Crippen molar-refractivity contribution in [3.63, 3.8) is 0 Å². The second-order valence-electron chi connectivity index (χ2n) is 3.41. The minimum atomic E-state index is -0.595. The summed E-state index contributed by atoms with van der Waals surface area (Å²) in [7, 11) is 0. The monoisotopic (exact) mass is 221 g/mol. The summed E-state index contributed by atoms with van der Waals surface area (Å²) in [5.74, 6) is -0.198. The van der Waals surface area contributed by atoms with Gasteiger partial charge >= 0.3 is 5.97 Å². The summed E-state index contributed by atoms with van der Waals surface area (Å²) in [6.07, 6.45) is 3.51. The fourth-order valence-corrected chi connectivity index (χ4v) is 1.03. The van der Waals surface area contributed by atoms with E-state index in [1.54, 1.807) is 43.3 Å². The number of hydrogen-bond acceptors (Lipinski definition) is 4. The number of benzene rings is 1. The Kier molecular flexibility index (Phi) is 4.54. The number of carbonyl (C=O) groups excluding carboxylic acids is 1. The molecule has 0 unspecified atom stereocenters. The lowest BCUT2D eigenvalue weighted by Gasteiger charge is -2.03. The molecule has 1 aromatic rings. The molecule has 1 rings (SSSR count). The largest absolute Gasteiger partial charge is 0.508 e. The van der Waals surface area contributed by atoms with Gasteiger partial charge in [-0.2, -0.15) is 0 Å². The van der Waals surface area contributed by atoms with Crippen molar-refractivity contribution in [1.82, 2.24) is 0 Å². The molecule has 1 atom stereocenters. The van der Waals surface area contributed by atoms with Crippen molar-refractivity contribution in [2.75, 3.05) is 6.61 Å². The smallest absolute Gasteiger partial charge is 0.322 e. The van der Waals surface area contributed by atoms with Gasteiger partial charge in [0.15, 0.2) is 0 Å². The van der Waals surface area contributed by atoms with Crippen LogP contribution in [0.2, 0.25) is 0 Å². The lowest BCUT2D eigenvalue weighted by Crippen LogP contribution is -2.28. The Morgan fingerprint density at radius 3 is 2.69 bits per heavy atom. The lowest BCUT2D eigenvalue weighted by atomic mass is 10.2. The SMILES string of the molecule is C[C@H](N)C(=O)OCC=Cc1ccc(O)cc1. The molecule has 0 aliphatic carbocycles. The second-order valence-corrected chi connectivity index (χ2v) is 3.41. The quantitative estimate of drug-likeness (QED) is 0.751. The first-order valence-electron chi connectivity index (χ1n) is 4.97. The summed E-state index contributed by atoms with van der Waals surface area (Å²) < 4.78 is 4.85. The fourth-order valence-electron chi connectivity index (χ4n) is 1.03. The Hall–Kier alpha value is -1.81. The van der Waals surface area contributed by atoms with Crippen LogP contribution < -0.4 is 5.73 Å². The van der Waals surface area contributed by atoms with Crippen LogP contribution in [-0.4, -0.2) is 23.7 Å². The van der Waals surface area contributed by atoms with E-state index in [1.807, 2.05) is 0 Å². The first-order chi connectivity index (χ1) is 7.59. The molecule has 0 heterocycles. The molecular formula is C12H15NO3. The van der Waals surface area contributed by atoms with E-state index in [4.69, 9.17) is 15.6 Å². The number of carbonyl (C=O) groups is 1. The van der Waals surface area contributed by atoms with Gasteiger partial charge in [0.2, 0.25) is 0 Å². The van der Waals surface area contributed by atoms with Gasteiger partial charge in [-0.25, -0.2) is 0 Å². The Morgan fingerprint density at radius 2 is 2.12 bits per heavy atom. The van der Waals surface area contributed by atoms with Crippen molar-refractivity contribution in [3.8, 4) is 5.75 Å². The molecule has 0 spiro atoms. The van der Waals surface area contributed by atoms with E-state index in [9.17, 15) is 4.79 Å². The van der Waals surface area contributed by atoms with Crippen LogP contribution in [-0.2, 0) is 9.53 Å². The highest BCUT2D eigenvalue weighted by Gasteiger charge is 2.06. The van der Waals surface area contributed by atoms with Crippen LogP contribution in [0, 0.1) is 0 Å². The molecule has 4 nitrogen and oxygen atoms in total. The van der Waals surface area contributed by atoms with Gasteiger partial charge in [-0.05, 0) is 30.7 Å². The molecule has 0 aliphatic heterocycles. The Bertz CT molecular complexity index is 368. The fraction of sp³-hybridized carbons (Fsp3) is 0.250. The summed E-state index contributed by atoms with van der Waals surface area (Å²) in [6.45, 7) is 1.77. The van der Waals surface area contributed by atoms with Crippen LogP contribution in [0.15, 0.2) is 30.3 Å². The zero-order valence-corrected chi connectivity index (χ0v) is 9.09. The molecule has 1 aromatic carbocycles. The third-order valence-electron chi connectivity index (χ3n) is 1.90. The molecule has 16 heavy (non-hydrogen) atoms. The maximum atomic E-state index is 11.0. The van der Waals surface area contributed by atoms with Crippen molar-refractivity contribution in [2.24, 2.45) is 5.73 Å². The lowest BCUT2D eigenvalue weighted by molar-refractivity contribution is -0.143. The maximum absolute atomic E-state index is 11.0. The molecule has 0 saturated carbocycles. The molecule has 0 aliphatic rings. The Labute approximate surface area is 94.3 Å². The zero-order chi connectivity index (χ0) is 12.0. The maximum Gasteiger partial charge on any atom is 0.322 e. The summed E-state index contributed by atoms with van der Waals surface area (Å²) in [4.78, 5) is 11.0. The van der Waals surface area contributed by atoms with Crippen LogP contribution in [0.3, 0.4) is 0 Å². The van der Waals surface area contributed by atoms with Gasteiger partial charge in [0, 0.05) is 0 Å². The van der Waals surface area contributed by atoms with Crippen LogP contribution in [0.4, 0.5) is 0 Å². The first-order valence-corrected chi connectivity index (χ1v) is 4.97. The normalized spacial score (nSPS) is 12.6. The standard InChI is InChI=1S/C12H15NO3/c1-9(13)12(15)16-8-2-3-10-4-6-11(14)7-5-10/h2-7,9,14H,8,13H2,1H3/t9-/m0/s1. The molecular weight excluding hydrogens is 206 g/mol. The number of phenolic OH excluding ortho intramolecular Hbond substituents is 1. The highest BCUT2D eigenvalue weighted by atomic mass is 16.5. The first kappa shape index (κ1) is 12.3. The van der Waals surface area contributed by atoms with E-state index in [0.717, 1.165) is 5.56 Å². The number of hydrogen-bond donors (Lipinski definition) is 2. The number of esters is 1. The van der Waals surface area contributed by atoms with E-state index >= 15 is 0 Å². The summed E-state index contributed by atoms with van der Waals surface area (Å²) in [5, 5.41) is 9.05. The molecule has 3 N–H and O–H groups in total. The van der Waals surface area contributed by atoms with E-state index in [2.05, 4.69) is 0 Å². The molecule has 0 aromatic heterocycles. The average molecular weight is 221 g/mol. The molecule has 0 fully saturated rings. The van der Waals surface area contributed by atoms with Crippen molar-refractivity contribution in [1.29, 1.82) is 0 Å². The van der Waals surface area contributed by atoms with Crippen LogP contribution in [0.5, 0.6) is 5.75 Å². The van der Waals surface area contributed by atoms with Crippen molar-refractivity contribution < 1.29 is 14.6 Å². The number of nitrogens with two attached hydrogens (primary N) is 1. The Balaban J connectivity index is 2.38. The number of aromatic hydroxyl groups is 1. The second kappa shape index (κ2) is 5.92. The third-order valence-corrected chi connectivity index (χ3v) is 1.90. The number of rotatable bonds is 4. The number of ether oxygens (including phenoxy) is 1. The summed E-state index contributed by atoms with van der Waals surface area (Å²) >= 11 is 0. The van der Waals surface area contributed by atoms with E-state index in [-0.39, 0.29) is 12.4 Å². The summed E-state index contributed by atoms with van der Waals surface area (Å²) in [5.41, 5.74) is 6.25. The van der Waals surface area contributed by atoms with Gasteiger partial charge in [-0.1, -0.05) is 18.2 Å². The van der Waals surface area contributed by atoms with Crippen LogP contribution >= 0.6 is 0 Å². The highest BCUT2D eigenvalue weighted by molar-refractivity contribution is 5.75. The molecule has 0 radical (unpaired) electrons. The number of phenols is 1. The van der Waals surface area contributed by atoms with E-state index in [0.29, 0.717) is 0 Å². The van der Waals surface area contributed by atoms with E-state index in [1.165, 1.54) is 0 Å². The zero-order valence-electron chi connectivity index (χ0n) is 9.09. The minimum absolute atomic E-state index is 0.196. The third kappa shape index (κ3) is 4.14. The van der Waals surface area contributed by atoms with Crippen molar-refractivity contribution in [3.05, 3.63) is 35.9 Å². The van der Waals surface area contributed by atoms with Crippen LogP contribution in [0.1, 0.15) is 12.5 Å². The highest BCUT2D eigenvalue weighted by Crippen LogP contribution is 2.10. The van der Waals surface area contributed by atoms with Gasteiger partial charge in [-0.3, -0.25) is 4.79 Å². The predicted octanol–water partition coefficient (Wildman–Crippen LogP) is 1.30. The van der Waals surface area contributed by atoms with Gasteiger partial charge < -0.3 is 15.6 Å². The van der Waals surface area contributed by atoms with Gasteiger partial charge in [-0.15, -0.1) is 0 Å². The van der Waals surface area contributed by atoms with Crippen LogP contribution in [0.25, 0.3) is 6.08 Å². The average Bonchev–Trinajstić information content (AvgIpc) is 2.26. The van der Waals surface area contributed by atoms with Gasteiger partial charge in [0.1, 0.15) is 18.4 Å². The Morgan fingerprint density at radius 1 is 1.50 bits per heavy atom. The topological polar surface area (TPSA) is 72.6 Å². The molecule has 4 heteroatoms. The van der Waals surface area contributed by atoms with Gasteiger partial charge in [0.25, 0.3) is 0 Å². The minimum Gasteiger partial charge on any atom is -0.508 e. The van der Waals surface area contributed by atoms with Gasteiger partial charge in [0.05, 0.1) is 0 Å². The summed E-state index contributed by atoms with van der Waals surface area (Å²) in [6, 6.07) is 6.11. The molecule has 86 valence electrons.